The average Bonchev–Trinajstić information content (AvgIpc) is 2.42. The third-order valence-corrected chi connectivity index (χ3v) is 3.63. The standard InChI is InChI=1S/C8H14N4O2S/c9-8-5-7(11-15(8,13)14)6-12-3-1-10-2-4-12/h5,10H,1-4,6,9H2. The lowest BCUT2D eigenvalue weighted by Gasteiger charge is -2.26. The van der Waals surface area contributed by atoms with E-state index in [0.29, 0.717) is 12.3 Å². The molecule has 0 radical (unpaired) electrons. The quantitative estimate of drug-likeness (QED) is 0.601. The molecule has 3 N–H and O–H groups in total. The lowest BCUT2D eigenvalue weighted by Crippen LogP contribution is -2.45. The molecule has 2 aliphatic heterocycles. The highest BCUT2D eigenvalue weighted by Crippen LogP contribution is 2.12. The molecule has 15 heavy (non-hydrogen) atoms. The molecular formula is C8H14N4O2S. The Bertz CT molecular complexity index is 406. The van der Waals surface area contributed by atoms with Crippen LogP contribution in [0.5, 0.6) is 0 Å². The molecule has 7 heteroatoms. The van der Waals surface area contributed by atoms with Crippen LogP contribution in [0, 0.1) is 0 Å². The zero-order valence-corrected chi connectivity index (χ0v) is 9.13. The Morgan fingerprint density at radius 2 is 2.13 bits per heavy atom. The van der Waals surface area contributed by atoms with Gasteiger partial charge in [0.15, 0.2) is 5.03 Å². The van der Waals surface area contributed by atoms with Crippen LogP contribution in [-0.2, 0) is 10.0 Å². The monoisotopic (exact) mass is 230 g/mol. The lowest BCUT2D eigenvalue weighted by molar-refractivity contribution is 0.272. The largest absolute Gasteiger partial charge is 0.388 e. The molecule has 6 nitrogen and oxygen atoms in total. The highest BCUT2D eigenvalue weighted by Gasteiger charge is 2.23. The number of piperazine rings is 1. The molecule has 0 unspecified atom stereocenters. The Balaban J connectivity index is 2.02. The maximum Gasteiger partial charge on any atom is 0.297 e. The van der Waals surface area contributed by atoms with Gasteiger partial charge >= 0.3 is 0 Å². The summed E-state index contributed by atoms with van der Waals surface area (Å²) in [5.41, 5.74) is 5.87. The van der Waals surface area contributed by atoms with E-state index in [1.54, 1.807) is 0 Å². The molecular weight excluding hydrogens is 216 g/mol. The minimum Gasteiger partial charge on any atom is -0.388 e. The summed E-state index contributed by atoms with van der Waals surface area (Å²) in [6.07, 6.45) is 1.44. The number of nitrogens with two attached hydrogens (primary N) is 1. The Kier molecular flexibility index (Phi) is 2.76. The number of rotatable bonds is 2. The SMILES string of the molecule is NC1=CC(CN2CCNCC2)=NS1(=O)=O. The summed E-state index contributed by atoms with van der Waals surface area (Å²) in [6, 6.07) is 0. The fourth-order valence-electron chi connectivity index (χ4n) is 1.64. The minimum absolute atomic E-state index is 0.146. The molecule has 0 saturated carbocycles. The molecule has 84 valence electrons. The smallest absolute Gasteiger partial charge is 0.297 e. The molecule has 2 heterocycles. The van der Waals surface area contributed by atoms with Gasteiger partial charge in [0.1, 0.15) is 0 Å². The molecule has 0 spiro atoms. The number of hydrogen-bond acceptors (Lipinski definition) is 5. The van der Waals surface area contributed by atoms with Crippen molar-refractivity contribution < 1.29 is 8.42 Å². The molecule has 0 aromatic carbocycles. The van der Waals surface area contributed by atoms with Crippen LogP contribution in [0.3, 0.4) is 0 Å². The van der Waals surface area contributed by atoms with Crippen molar-refractivity contribution in [2.75, 3.05) is 32.7 Å². The van der Waals surface area contributed by atoms with Gasteiger partial charge in [-0.05, 0) is 6.08 Å². The van der Waals surface area contributed by atoms with Gasteiger partial charge < -0.3 is 11.1 Å². The van der Waals surface area contributed by atoms with Crippen molar-refractivity contribution in [2.45, 2.75) is 0 Å². The van der Waals surface area contributed by atoms with Crippen molar-refractivity contribution >= 4 is 15.7 Å². The molecule has 2 rings (SSSR count). The first-order valence-corrected chi connectivity index (χ1v) is 6.26. The maximum absolute atomic E-state index is 11.2. The second kappa shape index (κ2) is 3.92. The second-order valence-corrected chi connectivity index (χ2v) is 5.23. The maximum atomic E-state index is 11.2. The highest BCUT2D eigenvalue weighted by molar-refractivity contribution is 7.94. The fourth-order valence-corrected chi connectivity index (χ4v) is 2.45. The van der Waals surface area contributed by atoms with E-state index in [-0.39, 0.29) is 5.03 Å². The van der Waals surface area contributed by atoms with Crippen LogP contribution in [-0.4, -0.2) is 51.8 Å². The first-order chi connectivity index (χ1) is 7.08. The normalized spacial score (nSPS) is 26.1. The first-order valence-electron chi connectivity index (χ1n) is 4.82. The molecule has 0 atom stereocenters. The molecule has 0 aromatic rings. The van der Waals surface area contributed by atoms with E-state index in [2.05, 4.69) is 14.6 Å². The third-order valence-electron chi connectivity index (χ3n) is 2.44. The van der Waals surface area contributed by atoms with Crippen LogP contribution >= 0.6 is 0 Å². The van der Waals surface area contributed by atoms with Gasteiger partial charge in [-0.1, -0.05) is 0 Å². The summed E-state index contributed by atoms with van der Waals surface area (Å²) in [4.78, 5) is 2.15. The van der Waals surface area contributed by atoms with Crippen LogP contribution in [0.4, 0.5) is 0 Å². The van der Waals surface area contributed by atoms with Gasteiger partial charge in [-0.25, -0.2) is 0 Å². The number of hydrogen-bond donors (Lipinski definition) is 2. The number of nitrogens with one attached hydrogen (secondary N) is 1. The van der Waals surface area contributed by atoms with Gasteiger partial charge in [-0.3, -0.25) is 4.90 Å². The van der Waals surface area contributed by atoms with Crippen molar-refractivity contribution in [3.05, 3.63) is 11.1 Å². The van der Waals surface area contributed by atoms with E-state index >= 15 is 0 Å². The summed E-state index contributed by atoms with van der Waals surface area (Å²) in [7, 11) is -3.54. The second-order valence-electron chi connectivity index (χ2n) is 3.63. The summed E-state index contributed by atoms with van der Waals surface area (Å²) in [5.74, 6) is 0. The van der Waals surface area contributed by atoms with Crippen LogP contribution in [0.2, 0.25) is 0 Å². The topological polar surface area (TPSA) is 87.8 Å². The Labute approximate surface area is 88.9 Å². The van der Waals surface area contributed by atoms with Gasteiger partial charge in [0.05, 0.1) is 5.71 Å². The highest BCUT2D eigenvalue weighted by atomic mass is 32.2. The van der Waals surface area contributed by atoms with Crippen molar-refractivity contribution in [1.29, 1.82) is 0 Å². The first kappa shape index (κ1) is 10.6. The van der Waals surface area contributed by atoms with E-state index in [9.17, 15) is 8.42 Å². The van der Waals surface area contributed by atoms with Crippen molar-refractivity contribution in [3.8, 4) is 0 Å². The fraction of sp³-hybridized carbons (Fsp3) is 0.625. The molecule has 1 fully saturated rings. The van der Waals surface area contributed by atoms with E-state index in [0.717, 1.165) is 26.2 Å². The van der Waals surface area contributed by atoms with Gasteiger partial charge in [-0.2, -0.15) is 12.8 Å². The summed E-state index contributed by atoms with van der Waals surface area (Å²) in [6.45, 7) is 4.24. The van der Waals surface area contributed by atoms with Crippen molar-refractivity contribution in [1.82, 2.24) is 10.2 Å². The molecule has 0 aliphatic carbocycles. The average molecular weight is 230 g/mol. The molecule has 2 aliphatic rings. The molecule has 1 saturated heterocycles. The van der Waals surface area contributed by atoms with E-state index in [1.165, 1.54) is 6.08 Å². The summed E-state index contributed by atoms with van der Waals surface area (Å²) < 4.78 is 26.0. The van der Waals surface area contributed by atoms with Crippen LogP contribution in [0.25, 0.3) is 0 Å². The van der Waals surface area contributed by atoms with Gasteiger partial charge in [-0.15, -0.1) is 0 Å². The van der Waals surface area contributed by atoms with Crippen molar-refractivity contribution in [2.24, 2.45) is 10.1 Å². The Morgan fingerprint density at radius 1 is 1.47 bits per heavy atom. The van der Waals surface area contributed by atoms with Gasteiger partial charge in [0.2, 0.25) is 0 Å². The van der Waals surface area contributed by atoms with Crippen LogP contribution in [0.1, 0.15) is 0 Å². The van der Waals surface area contributed by atoms with E-state index in [4.69, 9.17) is 5.73 Å². The predicted octanol–water partition coefficient (Wildman–Crippen LogP) is -1.52. The summed E-state index contributed by atoms with van der Waals surface area (Å²) in [5, 5.41) is 3.08. The zero-order chi connectivity index (χ0) is 10.9. The molecule has 0 bridgehead atoms. The zero-order valence-electron chi connectivity index (χ0n) is 8.31. The van der Waals surface area contributed by atoms with Crippen LogP contribution in [0.15, 0.2) is 15.5 Å². The number of nitrogens with zero attached hydrogens (tertiary/aromatic N) is 2. The molecule has 0 aromatic heterocycles. The number of sulfonamides is 1. The van der Waals surface area contributed by atoms with Crippen molar-refractivity contribution in [3.63, 3.8) is 0 Å². The van der Waals surface area contributed by atoms with Gasteiger partial charge in [0.25, 0.3) is 10.0 Å². The third kappa shape index (κ3) is 2.36. The Hall–Kier alpha value is -0.920. The minimum atomic E-state index is -3.54. The Morgan fingerprint density at radius 3 is 2.67 bits per heavy atom. The van der Waals surface area contributed by atoms with E-state index < -0.39 is 10.0 Å². The molecule has 0 amide bonds. The van der Waals surface area contributed by atoms with Gasteiger partial charge in [0, 0.05) is 32.7 Å². The predicted molar refractivity (Wildman–Crippen MR) is 57.9 cm³/mol. The van der Waals surface area contributed by atoms with E-state index in [1.807, 2.05) is 0 Å². The summed E-state index contributed by atoms with van der Waals surface area (Å²) >= 11 is 0. The lowest BCUT2D eigenvalue weighted by atomic mass is 10.3. The van der Waals surface area contributed by atoms with Crippen LogP contribution < -0.4 is 11.1 Å².